The van der Waals surface area contributed by atoms with E-state index in [2.05, 4.69) is 0 Å². The first-order valence-electron chi connectivity index (χ1n) is 5.17. The summed E-state index contributed by atoms with van der Waals surface area (Å²) in [5.74, 6) is -1.12. The maximum Gasteiger partial charge on any atom is 0.175 e. The molecule has 0 spiro atoms. The Morgan fingerprint density at radius 1 is 1.00 bits per heavy atom. The largest absolute Gasteiger partial charge is 0.505 e. The lowest BCUT2D eigenvalue weighted by Crippen LogP contribution is -1.96. The number of phenolic OH excluding ortho intramolecular Hbond substituents is 1. The molecule has 5 heteroatoms. The summed E-state index contributed by atoms with van der Waals surface area (Å²) in [6.07, 6.45) is 1.13. The van der Waals surface area contributed by atoms with Gasteiger partial charge in [-0.25, -0.2) is 12.8 Å². The van der Waals surface area contributed by atoms with Crippen LogP contribution in [0.4, 0.5) is 4.39 Å². The van der Waals surface area contributed by atoms with Crippen molar-refractivity contribution >= 4 is 9.84 Å². The summed E-state index contributed by atoms with van der Waals surface area (Å²) < 4.78 is 35.8. The topological polar surface area (TPSA) is 54.4 Å². The second-order valence-corrected chi connectivity index (χ2v) is 5.98. The van der Waals surface area contributed by atoms with Crippen molar-refractivity contribution in [1.82, 2.24) is 0 Å². The van der Waals surface area contributed by atoms with E-state index in [4.69, 9.17) is 5.11 Å². The average Bonchev–Trinajstić information content (AvgIpc) is 2.32. The van der Waals surface area contributed by atoms with Gasteiger partial charge in [0.15, 0.2) is 21.4 Å². The highest BCUT2D eigenvalue weighted by atomic mass is 32.2. The summed E-state index contributed by atoms with van der Waals surface area (Å²) in [6.45, 7) is 0. The van der Waals surface area contributed by atoms with Gasteiger partial charge in [-0.15, -0.1) is 0 Å². The molecule has 18 heavy (non-hydrogen) atoms. The van der Waals surface area contributed by atoms with Crippen LogP contribution in [0.5, 0.6) is 5.75 Å². The van der Waals surface area contributed by atoms with Crippen LogP contribution in [0, 0.1) is 5.82 Å². The molecule has 0 radical (unpaired) electrons. The molecule has 0 heterocycles. The van der Waals surface area contributed by atoms with Crippen molar-refractivity contribution in [3.63, 3.8) is 0 Å². The van der Waals surface area contributed by atoms with E-state index in [0.29, 0.717) is 11.1 Å². The van der Waals surface area contributed by atoms with Crippen molar-refractivity contribution in [2.24, 2.45) is 0 Å². The van der Waals surface area contributed by atoms with Gasteiger partial charge >= 0.3 is 0 Å². The fourth-order valence-corrected chi connectivity index (χ4v) is 2.21. The van der Waals surface area contributed by atoms with Gasteiger partial charge in [-0.05, 0) is 35.4 Å². The van der Waals surface area contributed by atoms with Gasteiger partial charge < -0.3 is 5.11 Å². The lowest BCUT2D eigenvalue weighted by atomic mass is 10.1. The molecular formula is C13H11FO3S. The SMILES string of the molecule is CS(=O)(=O)c1ccc(-c2ccc(O)c(F)c2)cc1. The molecule has 2 aromatic carbocycles. The first-order chi connectivity index (χ1) is 8.38. The van der Waals surface area contributed by atoms with Crippen LogP contribution >= 0.6 is 0 Å². The smallest absolute Gasteiger partial charge is 0.175 e. The Hall–Kier alpha value is -1.88. The molecule has 0 unspecified atom stereocenters. The van der Waals surface area contributed by atoms with Gasteiger partial charge in [-0.1, -0.05) is 18.2 Å². The second kappa shape index (κ2) is 4.42. The van der Waals surface area contributed by atoms with Crippen molar-refractivity contribution in [2.45, 2.75) is 4.90 Å². The minimum atomic E-state index is -3.23. The molecule has 2 aromatic rings. The van der Waals surface area contributed by atoms with E-state index in [9.17, 15) is 12.8 Å². The molecular weight excluding hydrogens is 255 g/mol. The Kier molecular flexibility index (Phi) is 3.09. The molecule has 0 aliphatic heterocycles. The molecule has 0 bridgehead atoms. The van der Waals surface area contributed by atoms with Gasteiger partial charge in [0.1, 0.15) is 0 Å². The van der Waals surface area contributed by atoms with Gasteiger partial charge in [-0.3, -0.25) is 0 Å². The van der Waals surface area contributed by atoms with Gasteiger partial charge in [0.25, 0.3) is 0 Å². The standard InChI is InChI=1S/C13H11FO3S/c1-18(16,17)11-5-2-9(3-6-11)10-4-7-13(15)12(14)8-10/h2-8,15H,1H3. The highest BCUT2D eigenvalue weighted by molar-refractivity contribution is 7.90. The minimum Gasteiger partial charge on any atom is -0.505 e. The van der Waals surface area contributed by atoms with E-state index in [0.717, 1.165) is 6.26 Å². The number of hydrogen-bond acceptors (Lipinski definition) is 3. The van der Waals surface area contributed by atoms with E-state index < -0.39 is 21.4 Å². The van der Waals surface area contributed by atoms with E-state index >= 15 is 0 Å². The highest BCUT2D eigenvalue weighted by Gasteiger charge is 2.08. The van der Waals surface area contributed by atoms with E-state index in [1.54, 1.807) is 18.2 Å². The minimum absolute atomic E-state index is 0.213. The molecule has 94 valence electrons. The zero-order chi connectivity index (χ0) is 13.3. The van der Waals surface area contributed by atoms with Crippen LogP contribution in [0.25, 0.3) is 11.1 Å². The quantitative estimate of drug-likeness (QED) is 0.909. The molecule has 0 atom stereocenters. The molecule has 0 aliphatic carbocycles. The normalized spacial score (nSPS) is 11.4. The Bertz CT molecular complexity index is 676. The van der Waals surface area contributed by atoms with Crippen LogP contribution in [0.2, 0.25) is 0 Å². The molecule has 2 rings (SSSR count). The number of aromatic hydroxyl groups is 1. The van der Waals surface area contributed by atoms with E-state index in [1.807, 2.05) is 0 Å². The Morgan fingerprint density at radius 2 is 1.56 bits per heavy atom. The molecule has 0 fully saturated rings. The summed E-state index contributed by atoms with van der Waals surface area (Å²) in [4.78, 5) is 0.213. The summed E-state index contributed by atoms with van der Waals surface area (Å²) in [5.41, 5.74) is 1.26. The molecule has 0 saturated carbocycles. The molecule has 0 aromatic heterocycles. The predicted octanol–water partition coefficient (Wildman–Crippen LogP) is 2.60. The lowest BCUT2D eigenvalue weighted by Gasteiger charge is -2.04. The van der Waals surface area contributed by atoms with E-state index in [-0.39, 0.29) is 4.90 Å². The summed E-state index contributed by atoms with van der Waals surface area (Å²) >= 11 is 0. The predicted molar refractivity (Wildman–Crippen MR) is 66.6 cm³/mol. The number of phenols is 1. The van der Waals surface area contributed by atoms with Crippen molar-refractivity contribution in [3.05, 3.63) is 48.3 Å². The molecule has 0 saturated heterocycles. The van der Waals surface area contributed by atoms with Crippen LogP contribution in [0.3, 0.4) is 0 Å². The Balaban J connectivity index is 2.43. The van der Waals surface area contributed by atoms with Crippen LogP contribution in [0.1, 0.15) is 0 Å². The molecule has 1 N–H and O–H groups in total. The fourth-order valence-electron chi connectivity index (χ4n) is 1.58. The number of benzene rings is 2. The fraction of sp³-hybridized carbons (Fsp3) is 0.0769. The van der Waals surface area contributed by atoms with Crippen molar-refractivity contribution in [1.29, 1.82) is 0 Å². The summed E-state index contributed by atoms with van der Waals surface area (Å²) in [6, 6.07) is 10.2. The van der Waals surface area contributed by atoms with Crippen LogP contribution in [0.15, 0.2) is 47.4 Å². The third-order valence-corrected chi connectivity index (χ3v) is 3.69. The number of hydrogen-bond donors (Lipinski definition) is 1. The van der Waals surface area contributed by atoms with E-state index in [1.165, 1.54) is 24.3 Å². The van der Waals surface area contributed by atoms with Gasteiger partial charge in [0, 0.05) is 6.26 Å². The van der Waals surface area contributed by atoms with Crippen LogP contribution in [-0.4, -0.2) is 19.8 Å². The van der Waals surface area contributed by atoms with Gasteiger partial charge in [0.2, 0.25) is 0 Å². The van der Waals surface area contributed by atoms with Crippen molar-refractivity contribution in [2.75, 3.05) is 6.26 Å². The zero-order valence-electron chi connectivity index (χ0n) is 9.59. The number of sulfone groups is 1. The van der Waals surface area contributed by atoms with Crippen molar-refractivity contribution in [3.8, 4) is 16.9 Å². The van der Waals surface area contributed by atoms with Crippen LogP contribution in [-0.2, 0) is 9.84 Å². The molecule has 0 aliphatic rings. The Morgan fingerprint density at radius 3 is 2.06 bits per heavy atom. The van der Waals surface area contributed by atoms with Gasteiger partial charge in [0.05, 0.1) is 4.90 Å². The number of halogens is 1. The Labute approximate surface area is 104 Å². The van der Waals surface area contributed by atoms with Crippen molar-refractivity contribution < 1.29 is 17.9 Å². The van der Waals surface area contributed by atoms with Gasteiger partial charge in [-0.2, -0.15) is 0 Å². The highest BCUT2D eigenvalue weighted by Crippen LogP contribution is 2.25. The third kappa shape index (κ3) is 2.51. The van der Waals surface area contributed by atoms with Crippen LogP contribution < -0.4 is 0 Å². The summed E-state index contributed by atoms with van der Waals surface area (Å²) in [5, 5.41) is 9.09. The average molecular weight is 266 g/mol. The first kappa shape index (κ1) is 12.6. The monoisotopic (exact) mass is 266 g/mol. The second-order valence-electron chi connectivity index (χ2n) is 3.96. The maximum absolute atomic E-state index is 13.2. The molecule has 0 amide bonds. The lowest BCUT2D eigenvalue weighted by molar-refractivity contribution is 0.432. The maximum atomic E-state index is 13.2. The first-order valence-corrected chi connectivity index (χ1v) is 7.06. The summed E-state index contributed by atoms with van der Waals surface area (Å²) in [7, 11) is -3.23. The molecule has 3 nitrogen and oxygen atoms in total. The number of rotatable bonds is 2. The third-order valence-electron chi connectivity index (χ3n) is 2.56. The zero-order valence-corrected chi connectivity index (χ0v) is 10.4.